The molecule has 0 fully saturated rings. The van der Waals surface area contributed by atoms with Crippen molar-refractivity contribution in [2.75, 3.05) is 0 Å². The Labute approximate surface area is 122 Å². The van der Waals surface area contributed by atoms with Gasteiger partial charge in [0.15, 0.2) is 11.6 Å². The maximum Gasteiger partial charge on any atom is 0.180 e. The molecule has 0 saturated heterocycles. The molecule has 0 radical (unpaired) electrons. The van der Waals surface area contributed by atoms with Gasteiger partial charge in [-0.25, -0.2) is 0 Å². The Kier molecular flexibility index (Phi) is 2.61. The summed E-state index contributed by atoms with van der Waals surface area (Å²) in [6, 6.07) is 7.01. The molecule has 1 aromatic rings. The minimum atomic E-state index is -0.765. The van der Waals surface area contributed by atoms with Crippen LogP contribution in [0.2, 0.25) is 0 Å². The van der Waals surface area contributed by atoms with Crippen LogP contribution in [0.15, 0.2) is 65.7 Å². The highest BCUT2D eigenvalue weighted by Gasteiger charge is 2.41. The van der Waals surface area contributed by atoms with E-state index >= 15 is 0 Å². The molecular formula is C18H13NO2. The van der Waals surface area contributed by atoms with Gasteiger partial charge in [-0.05, 0) is 6.08 Å². The van der Waals surface area contributed by atoms with Crippen LogP contribution >= 0.6 is 0 Å². The van der Waals surface area contributed by atoms with E-state index in [0.717, 1.165) is 0 Å². The van der Waals surface area contributed by atoms with Gasteiger partial charge in [0, 0.05) is 17.0 Å². The minimum absolute atomic E-state index is 0.000637. The largest absolute Gasteiger partial charge is 0.293 e. The Balaban J connectivity index is 1.73. The number of allylic oxidation sites excluding steroid dienone is 3. The molecule has 2 aliphatic carbocycles. The summed E-state index contributed by atoms with van der Waals surface area (Å²) in [5, 5.41) is 0. The highest BCUT2D eigenvalue weighted by atomic mass is 16.2. The van der Waals surface area contributed by atoms with Gasteiger partial charge in [0.2, 0.25) is 0 Å². The number of carbonyl (C=O) groups excluding carboxylic acids is 2. The number of aliphatic imine (C=N–C) groups is 1. The summed E-state index contributed by atoms with van der Waals surface area (Å²) in [6.07, 6.45) is 11.9. The molecule has 0 aromatic heterocycles. The zero-order chi connectivity index (χ0) is 14.4. The van der Waals surface area contributed by atoms with Crippen LogP contribution in [0, 0.1) is 11.8 Å². The molecular weight excluding hydrogens is 262 g/mol. The van der Waals surface area contributed by atoms with Gasteiger partial charge in [-0.15, -0.1) is 0 Å². The lowest BCUT2D eigenvalue weighted by Gasteiger charge is -2.23. The molecule has 0 spiro atoms. The van der Waals surface area contributed by atoms with Crippen molar-refractivity contribution in [3.8, 4) is 0 Å². The predicted molar refractivity (Wildman–Crippen MR) is 80.7 cm³/mol. The number of hydrogen-bond acceptors (Lipinski definition) is 3. The van der Waals surface area contributed by atoms with Crippen LogP contribution in [0.5, 0.6) is 0 Å². The average molecular weight is 275 g/mol. The van der Waals surface area contributed by atoms with Gasteiger partial charge in [0.25, 0.3) is 0 Å². The Bertz CT molecular complexity index is 732. The van der Waals surface area contributed by atoms with E-state index < -0.39 is 5.92 Å². The number of ketones is 2. The Morgan fingerprint density at radius 3 is 2.24 bits per heavy atom. The number of hydrogen-bond donors (Lipinski definition) is 0. The summed E-state index contributed by atoms with van der Waals surface area (Å²) >= 11 is 0. The average Bonchev–Trinajstić information content (AvgIpc) is 2.79. The summed E-state index contributed by atoms with van der Waals surface area (Å²) in [6.45, 7) is 0. The quantitative estimate of drug-likeness (QED) is 0.740. The molecule has 102 valence electrons. The van der Waals surface area contributed by atoms with Gasteiger partial charge in [0.05, 0.1) is 11.8 Å². The molecule has 3 aliphatic rings. The number of carbonyl (C=O) groups is 2. The van der Waals surface area contributed by atoms with Crippen LogP contribution in [0.3, 0.4) is 0 Å². The normalized spacial score (nSPS) is 26.8. The smallest absolute Gasteiger partial charge is 0.180 e. The summed E-state index contributed by atoms with van der Waals surface area (Å²) in [4.78, 5) is 29.6. The molecule has 3 heteroatoms. The van der Waals surface area contributed by atoms with Crippen LogP contribution in [0.25, 0.3) is 0 Å². The third kappa shape index (κ3) is 1.77. The SMILES string of the molecule is O=C1c2ccccc2C(=O)C1C1=NC2C=CC=CC2C=C1. The highest BCUT2D eigenvalue weighted by molar-refractivity contribution is 6.38. The fourth-order valence-corrected chi connectivity index (χ4v) is 3.13. The first-order valence-corrected chi connectivity index (χ1v) is 7.04. The van der Waals surface area contributed by atoms with E-state index in [0.29, 0.717) is 16.8 Å². The van der Waals surface area contributed by atoms with Gasteiger partial charge in [-0.2, -0.15) is 0 Å². The lowest BCUT2D eigenvalue weighted by molar-refractivity contribution is 0.0883. The minimum Gasteiger partial charge on any atom is -0.293 e. The van der Waals surface area contributed by atoms with Crippen molar-refractivity contribution in [1.29, 1.82) is 0 Å². The van der Waals surface area contributed by atoms with Crippen LogP contribution < -0.4 is 0 Å². The van der Waals surface area contributed by atoms with Crippen LogP contribution in [-0.2, 0) is 0 Å². The lowest BCUT2D eigenvalue weighted by atomic mass is 9.88. The third-order valence-corrected chi connectivity index (χ3v) is 4.21. The van der Waals surface area contributed by atoms with Gasteiger partial charge >= 0.3 is 0 Å². The van der Waals surface area contributed by atoms with E-state index in [9.17, 15) is 9.59 Å². The molecule has 3 nitrogen and oxygen atoms in total. The monoisotopic (exact) mass is 275 g/mol. The second-order valence-electron chi connectivity index (χ2n) is 5.46. The number of rotatable bonds is 1. The lowest BCUT2D eigenvalue weighted by Crippen LogP contribution is -2.30. The van der Waals surface area contributed by atoms with E-state index in [-0.39, 0.29) is 23.5 Å². The summed E-state index contributed by atoms with van der Waals surface area (Å²) in [5.41, 5.74) is 1.62. The van der Waals surface area contributed by atoms with Crippen molar-refractivity contribution in [1.82, 2.24) is 0 Å². The Morgan fingerprint density at radius 2 is 1.52 bits per heavy atom. The molecule has 21 heavy (non-hydrogen) atoms. The first-order chi connectivity index (χ1) is 10.3. The Morgan fingerprint density at radius 1 is 0.857 bits per heavy atom. The van der Waals surface area contributed by atoms with Crippen molar-refractivity contribution in [2.24, 2.45) is 16.8 Å². The molecule has 0 bridgehead atoms. The topological polar surface area (TPSA) is 46.5 Å². The van der Waals surface area contributed by atoms with Crippen molar-refractivity contribution >= 4 is 17.3 Å². The standard InChI is InChI=1S/C18H13NO2/c20-17-12-6-2-3-7-13(12)18(21)16(17)15-10-9-11-5-1-4-8-14(11)19-15/h1-11,14,16H. The fraction of sp³-hybridized carbons (Fsp3) is 0.167. The van der Waals surface area contributed by atoms with E-state index in [2.05, 4.69) is 11.1 Å². The highest BCUT2D eigenvalue weighted by Crippen LogP contribution is 2.31. The van der Waals surface area contributed by atoms with Crippen LogP contribution in [-0.4, -0.2) is 23.3 Å². The Hall–Kier alpha value is -2.55. The molecule has 1 heterocycles. The molecule has 1 aliphatic heterocycles. The van der Waals surface area contributed by atoms with Crippen LogP contribution in [0.4, 0.5) is 0 Å². The third-order valence-electron chi connectivity index (χ3n) is 4.21. The predicted octanol–water partition coefficient (Wildman–Crippen LogP) is 2.80. The van der Waals surface area contributed by atoms with E-state index in [4.69, 9.17) is 0 Å². The molecule has 4 rings (SSSR count). The van der Waals surface area contributed by atoms with E-state index in [1.54, 1.807) is 24.3 Å². The van der Waals surface area contributed by atoms with Gasteiger partial charge in [0.1, 0.15) is 5.92 Å². The first kappa shape index (κ1) is 12.2. The number of Topliss-reactive ketones (excluding diaryl/α,β-unsaturated/α-hetero) is 2. The molecule has 2 atom stereocenters. The number of nitrogens with zero attached hydrogens (tertiary/aromatic N) is 1. The zero-order valence-corrected chi connectivity index (χ0v) is 11.3. The maximum atomic E-state index is 12.5. The molecule has 0 saturated carbocycles. The summed E-state index contributed by atoms with van der Waals surface area (Å²) in [7, 11) is 0. The number of dihydropyridines is 1. The molecule has 1 aromatic carbocycles. The summed E-state index contributed by atoms with van der Waals surface area (Å²) < 4.78 is 0. The summed E-state index contributed by atoms with van der Waals surface area (Å²) in [5.74, 6) is -0.799. The van der Waals surface area contributed by atoms with E-state index in [1.807, 2.05) is 30.4 Å². The van der Waals surface area contributed by atoms with Gasteiger partial charge in [-0.3, -0.25) is 14.6 Å². The second-order valence-corrected chi connectivity index (χ2v) is 5.46. The first-order valence-electron chi connectivity index (χ1n) is 7.04. The number of benzene rings is 1. The zero-order valence-electron chi connectivity index (χ0n) is 11.3. The fourth-order valence-electron chi connectivity index (χ4n) is 3.13. The van der Waals surface area contributed by atoms with Crippen LogP contribution in [0.1, 0.15) is 20.7 Å². The van der Waals surface area contributed by atoms with Crippen molar-refractivity contribution in [2.45, 2.75) is 6.04 Å². The second kappa shape index (κ2) is 4.48. The van der Waals surface area contributed by atoms with Crippen molar-refractivity contribution in [3.05, 3.63) is 71.8 Å². The molecule has 2 unspecified atom stereocenters. The van der Waals surface area contributed by atoms with Gasteiger partial charge < -0.3 is 0 Å². The van der Waals surface area contributed by atoms with E-state index in [1.165, 1.54) is 0 Å². The molecule has 0 N–H and O–H groups in total. The van der Waals surface area contributed by atoms with Gasteiger partial charge in [-0.1, -0.05) is 54.6 Å². The van der Waals surface area contributed by atoms with Crippen molar-refractivity contribution < 1.29 is 9.59 Å². The van der Waals surface area contributed by atoms with Crippen molar-refractivity contribution in [3.63, 3.8) is 0 Å². The molecule has 0 amide bonds. The number of fused-ring (bicyclic) bond motifs is 2. The maximum absolute atomic E-state index is 12.5.